The number of hydrogen-bond donors (Lipinski definition) is 0. The van der Waals surface area contributed by atoms with Crippen molar-refractivity contribution in [1.29, 1.82) is 0 Å². The summed E-state index contributed by atoms with van der Waals surface area (Å²) in [5.74, 6) is 0.121. The first kappa shape index (κ1) is 9.89. The van der Waals surface area contributed by atoms with Gasteiger partial charge in [-0.3, -0.25) is 10.1 Å². The average molecular weight is 211 g/mol. The topological polar surface area (TPSA) is 52.4 Å². The Bertz CT molecular complexity index is 390. The van der Waals surface area contributed by atoms with Crippen LogP contribution in [0, 0.1) is 21.8 Å². The lowest BCUT2D eigenvalue weighted by Gasteiger charge is -2.04. The van der Waals surface area contributed by atoms with E-state index >= 15 is 0 Å². The quantitative estimate of drug-likeness (QED) is 0.568. The molecule has 15 heavy (non-hydrogen) atoms. The normalized spacial score (nSPS) is 15.0. The molecule has 1 aliphatic rings. The molecule has 80 valence electrons. The van der Waals surface area contributed by atoms with Gasteiger partial charge in [-0.15, -0.1) is 0 Å². The molecule has 0 bridgehead atoms. The Kier molecular flexibility index (Phi) is 2.53. The zero-order valence-corrected chi connectivity index (χ0v) is 7.98. The summed E-state index contributed by atoms with van der Waals surface area (Å²) in [7, 11) is 0. The number of halogens is 1. The predicted octanol–water partition coefficient (Wildman–Crippen LogP) is 2.52. The van der Waals surface area contributed by atoms with E-state index in [9.17, 15) is 14.5 Å². The van der Waals surface area contributed by atoms with Crippen molar-refractivity contribution in [3.8, 4) is 5.75 Å². The Morgan fingerprint density at radius 2 is 2.20 bits per heavy atom. The largest absolute Gasteiger partial charge is 0.493 e. The lowest BCUT2D eigenvalue weighted by Crippen LogP contribution is -2.00. The van der Waals surface area contributed by atoms with Gasteiger partial charge in [0.05, 0.1) is 23.7 Å². The standard InChI is InChI=1S/C10H10FNO3/c11-8-3-9(12(13)14)5-10(4-8)15-6-7-1-2-7/h3-5,7H,1-2,6H2. The van der Waals surface area contributed by atoms with Crippen molar-refractivity contribution < 1.29 is 14.1 Å². The molecule has 0 radical (unpaired) electrons. The van der Waals surface area contributed by atoms with E-state index < -0.39 is 10.7 Å². The predicted molar refractivity (Wildman–Crippen MR) is 51.3 cm³/mol. The van der Waals surface area contributed by atoms with Gasteiger partial charge in [0.15, 0.2) is 0 Å². The number of hydrogen-bond acceptors (Lipinski definition) is 3. The zero-order valence-electron chi connectivity index (χ0n) is 7.98. The summed E-state index contributed by atoms with van der Waals surface area (Å²) in [5, 5.41) is 10.4. The molecule has 2 rings (SSSR count). The van der Waals surface area contributed by atoms with E-state index in [4.69, 9.17) is 4.74 Å². The van der Waals surface area contributed by atoms with E-state index in [0.717, 1.165) is 25.0 Å². The SMILES string of the molecule is O=[N+]([O-])c1cc(F)cc(OCC2CC2)c1. The molecule has 0 aromatic heterocycles. The Hall–Kier alpha value is -1.65. The lowest BCUT2D eigenvalue weighted by atomic mass is 10.3. The number of nitrogens with zero attached hydrogens (tertiary/aromatic N) is 1. The van der Waals surface area contributed by atoms with Crippen LogP contribution in [-0.2, 0) is 0 Å². The van der Waals surface area contributed by atoms with Crippen molar-refractivity contribution in [3.05, 3.63) is 34.1 Å². The van der Waals surface area contributed by atoms with Crippen molar-refractivity contribution in [3.63, 3.8) is 0 Å². The maximum Gasteiger partial charge on any atom is 0.276 e. The number of nitro groups is 1. The summed E-state index contributed by atoms with van der Waals surface area (Å²) in [4.78, 5) is 9.81. The monoisotopic (exact) mass is 211 g/mol. The van der Waals surface area contributed by atoms with E-state index in [1.54, 1.807) is 0 Å². The van der Waals surface area contributed by atoms with Gasteiger partial charge in [0.25, 0.3) is 5.69 Å². The molecule has 0 amide bonds. The molecular weight excluding hydrogens is 201 g/mol. The smallest absolute Gasteiger partial charge is 0.276 e. The van der Waals surface area contributed by atoms with Crippen LogP contribution in [0.3, 0.4) is 0 Å². The van der Waals surface area contributed by atoms with Crippen molar-refractivity contribution >= 4 is 5.69 Å². The second kappa shape index (κ2) is 3.84. The third-order valence-electron chi connectivity index (χ3n) is 2.25. The second-order valence-corrected chi connectivity index (χ2v) is 3.66. The van der Waals surface area contributed by atoms with Crippen LogP contribution >= 0.6 is 0 Å². The molecule has 0 atom stereocenters. The summed E-state index contributed by atoms with van der Waals surface area (Å²) in [6.07, 6.45) is 2.24. The van der Waals surface area contributed by atoms with Crippen LogP contribution in [-0.4, -0.2) is 11.5 Å². The molecule has 1 fully saturated rings. The van der Waals surface area contributed by atoms with Gasteiger partial charge >= 0.3 is 0 Å². The minimum Gasteiger partial charge on any atom is -0.493 e. The molecule has 1 aliphatic carbocycles. The fourth-order valence-electron chi connectivity index (χ4n) is 1.24. The van der Waals surface area contributed by atoms with Crippen LogP contribution in [0.5, 0.6) is 5.75 Å². The van der Waals surface area contributed by atoms with Crippen molar-refractivity contribution in [1.82, 2.24) is 0 Å². The molecule has 0 spiro atoms. The van der Waals surface area contributed by atoms with Gasteiger partial charge in [-0.05, 0) is 18.8 Å². The zero-order chi connectivity index (χ0) is 10.8. The van der Waals surface area contributed by atoms with Crippen molar-refractivity contribution in [2.24, 2.45) is 5.92 Å². The fraction of sp³-hybridized carbons (Fsp3) is 0.400. The molecule has 0 unspecified atom stereocenters. The summed E-state index contributed by atoms with van der Waals surface area (Å²) < 4.78 is 18.2. The molecule has 0 N–H and O–H groups in total. The third-order valence-corrected chi connectivity index (χ3v) is 2.25. The first-order valence-corrected chi connectivity index (χ1v) is 4.73. The van der Waals surface area contributed by atoms with E-state index in [1.807, 2.05) is 0 Å². The fourth-order valence-corrected chi connectivity index (χ4v) is 1.24. The third kappa shape index (κ3) is 2.65. The molecule has 0 heterocycles. The number of rotatable bonds is 4. The second-order valence-electron chi connectivity index (χ2n) is 3.66. The first-order chi connectivity index (χ1) is 7.15. The molecule has 1 aromatic carbocycles. The van der Waals surface area contributed by atoms with E-state index in [0.29, 0.717) is 12.5 Å². The van der Waals surface area contributed by atoms with Crippen LogP contribution in [0.2, 0.25) is 0 Å². The maximum atomic E-state index is 12.9. The molecule has 1 saturated carbocycles. The van der Waals surface area contributed by atoms with E-state index in [-0.39, 0.29) is 11.4 Å². The van der Waals surface area contributed by atoms with Crippen LogP contribution in [0.25, 0.3) is 0 Å². The van der Waals surface area contributed by atoms with Crippen LogP contribution in [0.4, 0.5) is 10.1 Å². The number of nitro benzene ring substituents is 1. The van der Waals surface area contributed by atoms with Crippen molar-refractivity contribution in [2.75, 3.05) is 6.61 Å². The number of benzene rings is 1. The maximum absolute atomic E-state index is 12.9. The van der Waals surface area contributed by atoms with Gasteiger partial charge in [-0.2, -0.15) is 0 Å². The molecule has 0 aliphatic heterocycles. The molecular formula is C10H10FNO3. The Morgan fingerprint density at radius 3 is 2.80 bits per heavy atom. The van der Waals surface area contributed by atoms with Gasteiger partial charge in [0, 0.05) is 6.07 Å². The average Bonchev–Trinajstić information content (AvgIpc) is 2.97. The molecule has 1 aromatic rings. The highest BCUT2D eigenvalue weighted by molar-refractivity contribution is 5.38. The summed E-state index contributed by atoms with van der Waals surface area (Å²) >= 11 is 0. The highest BCUT2D eigenvalue weighted by atomic mass is 19.1. The number of ether oxygens (including phenoxy) is 1. The highest BCUT2D eigenvalue weighted by Gasteiger charge is 2.22. The minimum atomic E-state index is -0.644. The van der Waals surface area contributed by atoms with Crippen LogP contribution in [0.15, 0.2) is 18.2 Å². The summed E-state index contributed by atoms with van der Waals surface area (Å²) in [6.45, 7) is 0.514. The Morgan fingerprint density at radius 1 is 1.47 bits per heavy atom. The van der Waals surface area contributed by atoms with Gasteiger partial charge in [-0.1, -0.05) is 0 Å². The Labute approximate surface area is 85.8 Å². The summed E-state index contributed by atoms with van der Waals surface area (Å²) in [5.41, 5.74) is -0.277. The van der Waals surface area contributed by atoms with E-state index in [1.165, 1.54) is 6.07 Å². The lowest BCUT2D eigenvalue weighted by molar-refractivity contribution is -0.385. The Balaban J connectivity index is 2.10. The van der Waals surface area contributed by atoms with Crippen molar-refractivity contribution in [2.45, 2.75) is 12.8 Å². The summed E-state index contributed by atoms with van der Waals surface area (Å²) in [6, 6.07) is 3.28. The van der Waals surface area contributed by atoms with Gasteiger partial charge in [0.2, 0.25) is 0 Å². The molecule has 5 heteroatoms. The minimum absolute atomic E-state index is 0.230. The van der Waals surface area contributed by atoms with Gasteiger partial charge < -0.3 is 4.74 Å². The van der Waals surface area contributed by atoms with Gasteiger partial charge in [-0.25, -0.2) is 4.39 Å². The van der Waals surface area contributed by atoms with Gasteiger partial charge in [0.1, 0.15) is 11.6 Å². The number of non-ortho nitro benzene ring substituents is 1. The molecule has 0 saturated heterocycles. The van der Waals surface area contributed by atoms with E-state index in [2.05, 4.69) is 0 Å². The van der Waals surface area contributed by atoms with Crippen LogP contribution < -0.4 is 4.74 Å². The highest BCUT2D eigenvalue weighted by Crippen LogP contribution is 2.30. The van der Waals surface area contributed by atoms with Crippen LogP contribution in [0.1, 0.15) is 12.8 Å². The molecule has 4 nitrogen and oxygen atoms in total. The first-order valence-electron chi connectivity index (χ1n) is 4.73.